The highest BCUT2D eigenvalue weighted by Crippen LogP contribution is 2.46. The molecular formula is C22H16N2O3. The summed E-state index contributed by atoms with van der Waals surface area (Å²) in [6.45, 7) is 1.96. The molecule has 132 valence electrons. The second-order valence-corrected chi connectivity index (χ2v) is 6.73. The highest BCUT2D eigenvalue weighted by Gasteiger charge is 2.56. The van der Waals surface area contributed by atoms with Crippen LogP contribution in [0.4, 0.5) is 11.4 Å². The first-order valence-corrected chi connectivity index (χ1v) is 8.71. The van der Waals surface area contributed by atoms with Crippen molar-refractivity contribution in [2.75, 3.05) is 10.2 Å². The second kappa shape index (κ2) is 5.45. The van der Waals surface area contributed by atoms with Crippen LogP contribution in [-0.4, -0.2) is 11.8 Å². The number of imide groups is 1. The van der Waals surface area contributed by atoms with Crippen molar-refractivity contribution < 1.29 is 14.3 Å². The Morgan fingerprint density at radius 1 is 0.889 bits per heavy atom. The predicted molar refractivity (Wildman–Crippen MR) is 102 cm³/mol. The maximum atomic E-state index is 13.6. The predicted octanol–water partition coefficient (Wildman–Crippen LogP) is 3.84. The van der Waals surface area contributed by atoms with Crippen LogP contribution >= 0.6 is 0 Å². The number of nitrogens with one attached hydrogen (secondary N) is 1. The quantitative estimate of drug-likeness (QED) is 0.673. The van der Waals surface area contributed by atoms with Crippen LogP contribution in [0.15, 0.2) is 72.8 Å². The van der Waals surface area contributed by atoms with Crippen LogP contribution in [0.5, 0.6) is 5.75 Å². The molecule has 0 fully saturated rings. The lowest BCUT2D eigenvalue weighted by atomic mass is 9.90. The second-order valence-electron chi connectivity index (χ2n) is 6.73. The summed E-state index contributed by atoms with van der Waals surface area (Å²) >= 11 is 0. The fourth-order valence-corrected chi connectivity index (χ4v) is 3.65. The van der Waals surface area contributed by atoms with Gasteiger partial charge < -0.3 is 10.1 Å². The van der Waals surface area contributed by atoms with E-state index in [1.807, 2.05) is 37.3 Å². The van der Waals surface area contributed by atoms with Gasteiger partial charge in [0.25, 0.3) is 11.6 Å². The zero-order valence-corrected chi connectivity index (χ0v) is 14.6. The number of fused-ring (bicyclic) bond motifs is 3. The van der Waals surface area contributed by atoms with Crippen molar-refractivity contribution in [3.63, 3.8) is 0 Å². The monoisotopic (exact) mass is 356 g/mol. The summed E-state index contributed by atoms with van der Waals surface area (Å²) in [7, 11) is 0. The molecule has 2 heterocycles. The van der Waals surface area contributed by atoms with Gasteiger partial charge in [0, 0.05) is 5.56 Å². The van der Waals surface area contributed by atoms with E-state index in [1.54, 1.807) is 42.5 Å². The molecule has 2 aliphatic heterocycles. The highest BCUT2D eigenvalue weighted by molar-refractivity contribution is 6.27. The number of hydrogen-bond donors (Lipinski definition) is 1. The maximum absolute atomic E-state index is 13.6. The van der Waals surface area contributed by atoms with Gasteiger partial charge in [0.1, 0.15) is 5.75 Å². The lowest BCUT2D eigenvalue weighted by Crippen LogP contribution is -2.59. The van der Waals surface area contributed by atoms with Crippen molar-refractivity contribution in [1.29, 1.82) is 0 Å². The fraction of sp³-hybridized carbons (Fsp3) is 0.0909. The van der Waals surface area contributed by atoms with Crippen LogP contribution in [-0.2, 0) is 10.5 Å². The van der Waals surface area contributed by atoms with Gasteiger partial charge in [-0.15, -0.1) is 0 Å². The number of nitrogens with zero attached hydrogens (tertiary/aromatic N) is 1. The number of amides is 2. The van der Waals surface area contributed by atoms with Gasteiger partial charge in [-0.1, -0.05) is 48.0 Å². The first-order valence-electron chi connectivity index (χ1n) is 8.71. The Morgan fingerprint density at radius 3 is 2.37 bits per heavy atom. The van der Waals surface area contributed by atoms with E-state index in [4.69, 9.17) is 4.74 Å². The van der Waals surface area contributed by atoms with Gasteiger partial charge in [0.05, 0.1) is 16.9 Å². The number of hydrogen-bond acceptors (Lipinski definition) is 4. The smallest absolute Gasteiger partial charge is 0.304 e. The summed E-state index contributed by atoms with van der Waals surface area (Å²) in [6.07, 6.45) is 0. The number of carbonyl (C=O) groups is 2. The molecule has 1 N–H and O–H groups in total. The largest absolute Gasteiger partial charge is 0.452 e. The summed E-state index contributed by atoms with van der Waals surface area (Å²) in [6, 6.07) is 21.7. The number of para-hydroxylation sites is 2. The Bertz CT molecular complexity index is 1060. The fourth-order valence-electron chi connectivity index (χ4n) is 3.65. The van der Waals surface area contributed by atoms with Crippen molar-refractivity contribution in [1.82, 2.24) is 0 Å². The van der Waals surface area contributed by atoms with E-state index in [2.05, 4.69) is 5.32 Å². The Hall–Kier alpha value is -3.60. The molecule has 2 amide bonds. The molecule has 1 unspecified atom stereocenters. The third kappa shape index (κ3) is 2.11. The van der Waals surface area contributed by atoms with Gasteiger partial charge in [-0.3, -0.25) is 9.59 Å². The zero-order chi connectivity index (χ0) is 18.6. The van der Waals surface area contributed by atoms with Crippen LogP contribution in [0.1, 0.15) is 21.5 Å². The minimum atomic E-state index is -1.46. The minimum Gasteiger partial charge on any atom is -0.452 e. The third-order valence-corrected chi connectivity index (χ3v) is 5.00. The molecule has 1 spiro atoms. The zero-order valence-electron chi connectivity index (χ0n) is 14.6. The number of ether oxygens (including phenoxy) is 1. The molecule has 3 aromatic carbocycles. The number of carbonyl (C=O) groups excluding carboxylic acids is 2. The van der Waals surface area contributed by atoms with Crippen LogP contribution in [0, 0.1) is 6.92 Å². The van der Waals surface area contributed by atoms with Crippen molar-refractivity contribution in [2.45, 2.75) is 12.6 Å². The van der Waals surface area contributed by atoms with Gasteiger partial charge in [0.15, 0.2) is 0 Å². The Labute approximate surface area is 156 Å². The molecule has 1 atom stereocenters. The molecule has 5 rings (SSSR count). The van der Waals surface area contributed by atoms with Crippen molar-refractivity contribution in [3.8, 4) is 5.75 Å². The Balaban J connectivity index is 1.72. The molecule has 3 aromatic rings. The summed E-state index contributed by atoms with van der Waals surface area (Å²) in [5.41, 5.74) is 1.80. The van der Waals surface area contributed by atoms with E-state index >= 15 is 0 Å². The summed E-state index contributed by atoms with van der Waals surface area (Å²) in [5, 5.41) is 3.22. The van der Waals surface area contributed by atoms with E-state index in [9.17, 15) is 9.59 Å². The first-order chi connectivity index (χ1) is 13.1. The van der Waals surface area contributed by atoms with Crippen molar-refractivity contribution in [3.05, 3.63) is 89.5 Å². The lowest BCUT2D eigenvalue weighted by molar-refractivity contribution is -0.131. The van der Waals surface area contributed by atoms with Crippen LogP contribution in [0.25, 0.3) is 0 Å². The van der Waals surface area contributed by atoms with Gasteiger partial charge in [-0.25, -0.2) is 4.90 Å². The summed E-state index contributed by atoms with van der Waals surface area (Å²) < 4.78 is 6.14. The SMILES string of the molecule is Cc1ccc(N2C(=O)c3ccccc3C3(Nc4ccccc4O3)C2=O)cc1. The van der Waals surface area contributed by atoms with Crippen LogP contribution in [0.3, 0.4) is 0 Å². The number of anilines is 2. The molecule has 0 bridgehead atoms. The molecule has 0 radical (unpaired) electrons. The summed E-state index contributed by atoms with van der Waals surface area (Å²) in [4.78, 5) is 27.9. The topological polar surface area (TPSA) is 58.6 Å². The molecule has 5 heteroatoms. The lowest BCUT2D eigenvalue weighted by Gasteiger charge is -2.38. The van der Waals surface area contributed by atoms with Gasteiger partial charge in [-0.05, 0) is 37.3 Å². The molecule has 2 aliphatic rings. The van der Waals surface area contributed by atoms with E-state index in [0.717, 1.165) is 11.3 Å². The molecule has 0 saturated carbocycles. The molecule has 27 heavy (non-hydrogen) atoms. The Morgan fingerprint density at radius 2 is 1.59 bits per heavy atom. The van der Waals surface area contributed by atoms with E-state index in [0.29, 0.717) is 22.6 Å². The van der Waals surface area contributed by atoms with E-state index < -0.39 is 11.6 Å². The normalized spacial score (nSPS) is 20.1. The molecular weight excluding hydrogens is 340 g/mol. The average Bonchev–Trinajstić information content (AvgIpc) is 3.09. The highest BCUT2D eigenvalue weighted by atomic mass is 16.5. The molecule has 0 aromatic heterocycles. The third-order valence-electron chi connectivity index (χ3n) is 5.00. The van der Waals surface area contributed by atoms with E-state index in [1.165, 1.54) is 4.90 Å². The molecule has 0 aliphatic carbocycles. The van der Waals surface area contributed by atoms with Gasteiger partial charge >= 0.3 is 5.91 Å². The number of aryl methyl sites for hydroxylation is 1. The molecule has 0 saturated heterocycles. The maximum Gasteiger partial charge on any atom is 0.304 e. The van der Waals surface area contributed by atoms with Crippen molar-refractivity contribution >= 4 is 23.2 Å². The molecule has 5 nitrogen and oxygen atoms in total. The average molecular weight is 356 g/mol. The standard InChI is InChI=1S/C22H16N2O3/c1-14-10-12-15(13-11-14)24-20(25)16-6-2-3-7-17(16)22(21(24)26)23-18-8-4-5-9-19(18)27-22/h2-13,23H,1H3. The minimum absolute atomic E-state index is 0.355. The van der Waals surface area contributed by atoms with Crippen molar-refractivity contribution in [2.24, 2.45) is 0 Å². The Kier molecular flexibility index (Phi) is 3.15. The van der Waals surface area contributed by atoms with Gasteiger partial charge in [-0.2, -0.15) is 0 Å². The van der Waals surface area contributed by atoms with Crippen LogP contribution < -0.4 is 15.0 Å². The summed E-state index contributed by atoms with van der Waals surface area (Å²) in [5.74, 6) is -0.225. The van der Waals surface area contributed by atoms with Gasteiger partial charge in [0.2, 0.25) is 0 Å². The van der Waals surface area contributed by atoms with Crippen LogP contribution in [0.2, 0.25) is 0 Å². The number of benzene rings is 3. The first kappa shape index (κ1) is 15.6. The number of rotatable bonds is 1. The van der Waals surface area contributed by atoms with E-state index in [-0.39, 0.29) is 5.91 Å².